The van der Waals surface area contributed by atoms with Gasteiger partial charge in [-0.1, -0.05) is 20.8 Å². The molecule has 2 atom stereocenters. The Morgan fingerprint density at radius 1 is 1.11 bits per heavy atom. The van der Waals surface area contributed by atoms with Gasteiger partial charge in [-0.25, -0.2) is 0 Å². The number of piperidine rings is 1. The average Bonchev–Trinajstić information content (AvgIpc) is 2.13. The molecule has 0 aromatic carbocycles. The number of hydrogen-bond donors (Lipinski definition) is 0. The van der Waals surface area contributed by atoms with Gasteiger partial charge < -0.3 is 4.74 Å². The number of nitrogens with zero attached hydrogens (tertiary/aromatic N) is 1. The summed E-state index contributed by atoms with van der Waals surface area (Å²) in [6, 6.07) is 0. The topological polar surface area (TPSA) is 29.5 Å². The number of halogens is 1. The van der Waals surface area contributed by atoms with E-state index >= 15 is 0 Å². The molecule has 114 valence electrons. The van der Waals surface area contributed by atoms with Crippen molar-refractivity contribution in [2.45, 2.75) is 66.5 Å². The highest BCUT2D eigenvalue weighted by Gasteiger charge is 2.38. The van der Waals surface area contributed by atoms with Crippen LogP contribution in [0, 0.1) is 11.3 Å². The maximum atomic E-state index is 11.2. The molecule has 4 heteroatoms. The standard InChI is InChI=1S/C15H29NO2.ClH/c1-11(17)18-13-8-12(14(2,3)4)9-16(10-13)15(5,6)7;/h12-13H,8-10H2,1-7H3;1H. The number of esters is 1. The van der Waals surface area contributed by atoms with Crippen LogP contribution in [0.15, 0.2) is 0 Å². The molecule has 0 aliphatic carbocycles. The normalized spacial score (nSPS) is 25.6. The molecule has 3 nitrogen and oxygen atoms in total. The summed E-state index contributed by atoms with van der Waals surface area (Å²) < 4.78 is 5.46. The van der Waals surface area contributed by atoms with Crippen molar-refractivity contribution in [1.29, 1.82) is 0 Å². The second-order valence-electron chi connectivity index (χ2n) is 7.61. The number of rotatable bonds is 1. The van der Waals surface area contributed by atoms with Crippen LogP contribution in [0.4, 0.5) is 0 Å². The lowest BCUT2D eigenvalue weighted by atomic mass is 9.74. The van der Waals surface area contributed by atoms with Gasteiger partial charge in [-0.2, -0.15) is 0 Å². The number of likely N-dealkylation sites (tertiary alicyclic amines) is 1. The van der Waals surface area contributed by atoms with Crippen LogP contribution in [0.1, 0.15) is 54.9 Å². The van der Waals surface area contributed by atoms with Crippen LogP contribution in [0.2, 0.25) is 0 Å². The summed E-state index contributed by atoms with van der Waals surface area (Å²) in [4.78, 5) is 13.6. The van der Waals surface area contributed by atoms with E-state index in [9.17, 15) is 4.79 Å². The van der Waals surface area contributed by atoms with E-state index in [1.807, 2.05) is 0 Å². The summed E-state index contributed by atoms with van der Waals surface area (Å²) in [5.74, 6) is 0.401. The van der Waals surface area contributed by atoms with E-state index in [1.165, 1.54) is 6.92 Å². The van der Waals surface area contributed by atoms with E-state index < -0.39 is 0 Å². The fourth-order valence-corrected chi connectivity index (χ4v) is 2.55. The molecule has 0 saturated carbocycles. The minimum Gasteiger partial charge on any atom is -0.461 e. The van der Waals surface area contributed by atoms with Gasteiger partial charge in [-0.3, -0.25) is 9.69 Å². The molecule has 0 spiro atoms. The zero-order valence-electron chi connectivity index (χ0n) is 13.4. The Hall–Kier alpha value is -0.280. The predicted octanol–water partition coefficient (Wildman–Crippen LogP) is 3.51. The van der Waals surface area contributed by atoms with Gasteiger partial charge in [0.15, 0.2) is 0 Å². The Kier molecular flexibility index (Phi) is 6.35. The van der Waals surface area contributed by atoms with Gasteiger partial charge in [0.25, 0.3) is 0 Å². The van der Waals surface area contributed by atoms with E-state index in [2.05, 4.69) is 46.4 Å². The van der Waals surface area contributed by atoms with Crippen molar-refractivity contribution in [1.82, 2.24) is 4.90 Å². The molecule has 0 N–H and O–H groups in total. The van der Waals surface area contributed by atoms with Crippen molar-refractivity contribution in [3.63, 3.8) is 0 Å². The van der Waals surface area contributed by atoms with E-state index in [4.69, 9.17) is 4.74 Å². The first-order valence-electron chi connectivity index (χ1n) is 6.92. The highest BCUT2D eigenvalue weighted by Crippen LogP contribution is 2.36. The molecular formula is C15H30ClNO2. The molecule has 0 aromatic heterocycles. The second kappa shape index (κ2) is 6.45. The molecule has 0 aromatic rings. The Bertz CT molecular complexity index is 282. The maximum Gasteiger partial charge on any atom is 0.302 e. The van der Waals surface area contributed by atoms with E-state index in [-0.39, 0.29) is 35.4 Å². The lowest BCUT2D eigenvalue weighted by Gasteiger charge is -2.47. The third-order valence-electron chi connectivity index (χ3n) is 3.92. The molecule has 0 radical (unpaired) electrons. The van der Waals surface area contributed by atoms with Crippen molar-refractivity contribution < 1.29 is 9.53 Å². The number of carbonyl (C=O) groups excluding carboxylic acids is 1. The van der Waals surface area contributed by atoms with Crippen LogP contribution in [-0.2, 0) is 9.53 Å². The van der Waals surface area contributed by atoms with Crippen LogP contribution >= 0.6 is 12.4 Å². The number of hydrogen-bond acceptors (Lipinski definition) is 3. The van der Waals surface area contributed by atoms with Gasteiger partial charge in [0.05, 0.1) is 0 Å². The first-order valence-corrected chi connectivity index (χ1v) is 6.92. The molecule has 1 heterocycles. The molecule has 19 heavy (non-hydrogen) atoms. The summed E-state index contributed by atoms with van der Waals surface area (Å²) in [5.41, 5.74) is 0.380. The van der Waals surface area contributed by atoms with Crippen molar-refractivity contribution in [2.24, 2.45) is 11.3 Å². The number of carbonyl (C=O) groups is 1. The third kappa shape index (κ3) is 5.70. The molecule has 0 bridgehead atoms. The van der Waals surface area contributed by atoms with Crippen molar-refractivity contribution in [3.05, 3.63) is 0 Å². The van der Waals surface area contributed by atoms with Gasteiger partial charge in [-0.05, 0) is 38.5 Å². The molecular weight excluding hydrogens is 262 g/mol. The van der Waals surface area contributed by atoms with Crippen LogP contribution in [-0.4, -0.2) is 35.6 Å². The predicted molar refractivity (Wildman–Crippen MR) is 81.7 cm³/mol. The van der Waals surface area contributed by atoms with Gasteiger partial charge in [0.1, 0.15) is 6.10 Å². The fraction of sp³-hybridized carbons (Fsp3) is 0.933. The monoisotopic (exact) mass is 291 g/mol. The minimum absolute atomic E-state index is 0. The van der Waals surface area contributed by atoms with Crippen molar-refractivity contribution in [3.8, 4) is 0 Å². The van der Waals surface area contributed by atoms with Crippen LogP contribution in [0.5, 0.6) is 0 Å². The lowest BCUT2D eigenvalue weighted by molar-refractivity contribution is -0.153. The molecule has 0 amide bonds. The van der Waals surface area contributed by atoms with Gasteiger partial charge in [0.2, 0.25) is 0 Å². The van der Waals surface area contributed by atoms with E-state index in [1.54, 1.807) is 0 Å². The molecule has 1 aliphatic rings. The third-order valence-corrected chi connectivity index (χ3v) is 3.92. The highest BCUT2D eigenvalue weighted by atomic mass is 35.5. The van der Waals surface area contributed by atoms with Crippen LogP contribution in [0.25, 0.3) is 0 Å². The van der Waals surface area contributed by atoms with Crippen molar-refractivity contribution >= 4 is 18.4 Å². The fourth-order valence-electron chi connectivity index (χ4n) is 2.55. The summed E-state index contributed by atoms with van der Waals surface area (Å²) in [7, 11) is 0. The largest absolute Gasteiger partial charge is 0.461 e. The Morgan fingerprint density at radius 2 is 1.63 bits per heavy atom. The zero-order valence-corrected chi connectivity index (χ0v) is 14.3. The first-order chi connectivity index (χ1) is 8.00. The van der Waals surface area contributed by atoms with Gasteiger partial charge in [0, 0.05) is 25.6 Å². The summed E-state index contributed by atoms with van der Waals surface area (Å²) in [6.07, 6.45) is 1.02. The molecule has 1 saturated heterocycles. The SMILES string of the molecule is CC(=O)OC1CC(C(C)(C)C)CN(C(C)(C)C)C1.Cl. The molecule has 2 unspecified atom stereocenters. The average molecular weight is 292 g/mol. The summed E-state index contributed by atoms with van der Waals surface area (Å²) >= 11 is 0. The van der Waals surface area contributed by atoms with Crippen molar-refractivity contribution in [2.75, 3.05) is 13.1 Å². The number of ether oxygens (including phenoxy) is 1. The highest BCUT2D eigenvalue weighted by molar-refractivity contribution is 5.85. The molecule has 1 aliphatic heterocycles. The van der Waals surface area contributed by atoms with Gasteiger partial charge >= 0.3 is 5.97 Å². The molecule has 1 fully saturated rings. The Morgan fingerprint density at radius 3 is 2.00 bits per heavy atom. The smallest absolute Gasteiger partial charge is 0.302 e. The van der Waals surface area contributed by atoms with E-state index in [0.717, 1.165) is 19.5 Å². The van der Waals surface area contributed by atoms with Crippen LogP contribution < -0.4 is 0 Å². The molecule has 1 rings (SSSR count). The van der Waals surface area contributed by atoms with Crippen LogP contribution in [0.3, 0.4) is 0 Å². The quantitative estimate of drug-likeness (QED) is 0.693. The Balaban J connectivity index is 0.00000324. The van der Waals surface area contributed by atoms with Gasteiger partial charge in [-0.15, -0.1) is 12.4 Å². The minimum atomic E-state index is -0.164. The maximum absolute atomic E-state index is 11.2. The summed E-state index contributed by atoms with van der Waals surface area (Å²) in [5, 5.41) is 0. The van der Waals surface area contributed by atoms with E-state index in [0.29, 0.717) is 5.92 Å². The summed E-state index contributed by atoms with van der Waals surface area (Å²) in [6.45, 7) is 16.9. The lowest BCUT2D eigenvalue weighted by Crippen LogP contribution is -2.54. The second-order valence-corrected chi connectivity index (χ2v) is 7.61. The first kappa shape index (κ1) is 18.7. The zero-order chi connectivity index (χ0) is 14.1. The Labute approximate surface area is 124 Å².